The normalized spacial score (nSPS) is 12.3. The van der Waals surface area contributed by atoms with E-state index >= 15 is 0 Å². The van der Waals surface area contributed by atoms with Crippen LogP contribution in [0.25, 0.3) is 11.0 Å². The monoisotopic (exact) mass is 237 g/mol. The summed E-state index contributed by atoms with van der Waals surface area (Å²) in [5.74, 6) is 0.991. The van der Waals surface area contributed by atoms with Crippen molar-refractivity contribution >= 4 is 22.6 Å². The zero-order valence-corrected chi connectivity index (χ0v) is 10.5. The highest BCUT2D eigenvalue weighted by atomic mass is 35.5. The second-order valence-corrected chi connectivity index (χ2v) is 5.32. The topological polar surface area (TPSA) is 43.8 Å². The van der Waals surface area contributed by atoms with Crippen LogP contribution in [0.3, 0.4) is 0 Å². The minimum absolute atomic E-state index is 0.251. The van der Waals surface area contributed by atoms with Gasteiger partial charge >= 0.3 is 0 Å². The van der Waals surface area contributed by atoms with E-state index in [0.717, 1.165) is 23.3 Å². The predicted octanol–water partition coefficient (Wildman–Crippen LogP) is 2.51. The van der Waals surface area contributed by atoms with Gasteiger partial charge in [-0.3, -0.25) is 0 Å². The Hall–Kier alpha value is -1.06. The van der Waals surface area contributed by atoms with Gasteiger partial charge in [0, 0.05) is 24.0 Å². The molecular weight excluding hydrogens is 222 g/mol. The quantitative estimate of drug-likeness (QED) is 0.872. The summed E-state index contributed by atoms with van der Waals surface area (Å²) in [5, 5.41) is 0.712. The SMILES string of the molecule is Cn1c(CC(C)(C)N)nc2cc(Cl)ccc21. The van der Waals surface area contributed by atoms with Crippen molar-refractivity contribution in [1.82, 2.24) is 9.55 Å². The summed E-state index contributed by atoms with van der Waals surface area (Å²) in [6.07, 6.45) is 0.746. The lowest BCUT2D eigenvalue weighted by Crippen LogP contribution is -2.35. The number of nitrogens with zero attached hydrogens (tertiary/aromatic N) is 2. The first-order valence-corrected chi connectivity index (χ1v) is 5.64. The highest BCUT2D eigenvalue weighted by Crippen LogP contribution is 2.21. The second kappa shape index (κ2) is 3.75. The zero-order valence-electron chi connectivity index (χ0n) is 9.79. The molecule has 0 aliphatic rings. The van der Waals surface area contributed by atoms with Crippen LogP contribution in [0.5, 0.6) is 0 Å². The Kier molecular flexibility index (Phi) is 2.68. The average Bonchev–Trinajstić information content (AvgIpc) is 2.40. The molecule has 0 bridgehead atoms. The van der Waals surface area contributed by atoms with E-state index in [-0.39, 0.29) is 5.54 Å². The minimum Gasteiger partial charge on any atom is -0.331 e. The van der Waals surface area contributed by atoms with Gasteiger partial charge in [-0.1, -0.05) is 11.6 Å². The van der Waals surface area contributed by atoms with Gasteiger partial charge in [0.05, 0.1) is 11.0 Å². The Morgan fingerprint density at radius 1 is 1.44 bits per heavy atom. The van der Waals surface area contributed by atoms with E-state index in [1.807, 2.05) is 39.1 Å². The van der Waals surface area contributed by atoms with Crippen molar-refractivity contribution in [3.63, 3.8) is 0 Å². The molecule has 0 unspecified atom stereocenters. The van der Waals surface area contributed by atoms with Crippen LogP contribution in [0.15, 0.2) is 18.2 Å². The maximum Gasteiger partial charge on any atom is 0.111 e. The number of rotatable bonds is 2. The van der Waals surface area contributed by atoms with Crippen molar-refractivity contribution in [2.75, 3.05) is 0 Å². The van der Waals surface area contributed by atoms with E-state index in [2.05, 4.69) is 9.55 Å². The fourth-order valence-electron chi connectivity index (χ4n) is 1.79. The van der Waals surface area contributed by atoms with E-state index in [0.29, 0.717) is 5.02 Å². The molecule has 0 aliphatic carbocycles. The van der Waals surface area contributed by atoms with Crippen LogP contribution in [-0.2, 0) is 13.5 Å². The molecule has 2 rings (SSSR count). The summed E-state index contributed by atoms with van der Waals surface area (Å²) in [4.78, 5) is 4.56. The van der Waals surface area contributed by atoms with Crippen molar-refractivity contribution < 1.29 is 0 Å². The first-order chi connectivity index (χ1) is 7.37. The van der Waals surface area contributed by atoms with Crippen LogP contribution in [-0.4, -0.2) is 15.1 Å². The smallest absolute Gasteiger partial charge is 0.111 e. The third kappa shape index (κ3) is 2.20. The summed E-state index contributed by atoms with van der Waals surface area (Å²) >= 11 is 5.94. The minimum atomic E-state index is -0.251. The van der Waals surface area contributed by atoms with Crippen LogP contribution in [0.4, 0.5) is 0 Å². The molecule has 2 N–H and O–H groups in total. The molecule has 0 fully saturated rings. The van der Waals surface area contributed by atoms with Gasteiger partial charge in [0.25, 0.3) is 0 Å². The number of imidazole rings is 1. The molecule has 4 heteroatoms. The Bertz CT molecular complexity index is 523. The van der Waals surface area contributed by atoms with Gasteiger partial charge in [0.2, 0.25) is 0 Å². The Morgan fingerprint density at radius 3 is 2.75 bits per heavy atom. The van der Waals surface area contributed by atoms with Gasteiger partial charge in [-0.2, -0.15) is 0 Å². The van der Waals surface area contributed by atoms with Crippen LogP contribution < -0.4 is 5.73 Å². The van der Waals surface area contributed by atoms with Gasteiger partial charge in [0.1, 0.15) is 5.82 Å². The van der Waals surface area contributed by atoms with Gasteiger partial charge in [-0.15, -0.1) is 0 Å². The molecule has 1 aromatic heterocycles. The van der Waals surface area contributed by atoms with Gasteiger partial charge in [0.15, 0.2) is 0 Å². The summed E-state index contributed by atoms with van der Waals surface area (Å²) in [6.45, 7) is 4.00. The number of halogens is 1. The van der Waals surface area contributed by atoms with E-state index in [4.69, 9.17) is 17.3 Å². The summed E-state index contributed by atoms with van der Waals surface area (Å²) in [6, 6.07) is 5.74. The summed E-state index contributed by atoms with van der Waals surface area (Å²) in [5.41, 5.74) is 7.77. The molecule has 0 atom stereocenters. The molecule has 0 amide bonds. The van der Waals surface area contributed by atoms with E-state index in [9.17, 15) is 0 Å². The van der Waals surface area contributed by atoms with E-state index < -0.39 is 0 Å². The number of nitrogens with two attached hydrogens (primary N) is 1. The van der Waals surface area contributed by atoms with Crippen molar-refractivity contribution in [3.05, 3.63) is 29.0 Å². The molecule has 0 radical (unpaired) electrons. The van der Waals surface area contributed by atoms with Crippen molar-refractivity contribution in [2.24, 2.45) is 12.8 Å². The van der Waals surface area contributed by atoms with Gasteiger partial charge in [-0.25, -0.2) is 4.98 Å². The number of hydrogen-bond donors (Lipinski definition) is 1. The maximum absolute atomic E-state index is 6.01. The third-order valence-electron chi connectivity index (χ3n) is 2.55. The number of aryl methyl sites for hydroxylation is 1. The maximum atomic E-state index is 6.01. The second-order valence-electron chi connectivity index (χ2n) is 4.89. The van der Waals surface area contributed by atoms with E-state index in [1.165, 1.54) is 0 Å². The van der Waals surface area contributed by atoms with Crippen molar-refractivity contribution in [2.45, 2.75) is 25.8 Å². The van der Waals surface area contributed by atoms with E-state index in [1.54, 1.807) is 0 Å². The molecular formula is C12H16ClN3. The largest absolute Gasteiger partial charge is 0.331 e. The highest BCUT2D eigenvalue weighted by molar-refractivity contribution is 6.31. The van der Waals surface area contributed by atoms with Gasteiger partial charge in [-0.05, 0) is 32.0 Å². The van der Waals surface area contributed by atoms with Crippen molar-refractivity contribution in [1.29, 1.82) is 0 Å². The molecule has 86 valence electrons. The lowest BCUT2D eigenvalue weighted by Gasteiger charge is -2.17. The third-order valence-corrected chi connectivity index (χ3v) is 2.78. The van der Waals surface area contributed by atoms with Crippen LogP contribution in [0.2, 0.25) is 5.02 Å². The number of fused-ring (bicyclic) bond motifs is 1. The molecule has 1 heterocycles. The zero-order chi connectivity index (χ0) is 11.9. The lowest BCUT2D eigenvalue weighted by atomic mass is 10.0. The van der Waals surface area contributed by atoms with Crippen LogP contribution >= 0.6 is 11.6 Å². The predicted molar refractivity (Wildman–Crippen MR) is 67.7 cm³/mol. The van der Waals surface area contributed by atoms with Gasteiger partial charge < -0.3 is 10.3 Å². The molecule has 2 aromatic rings. The summed E-state index contributed by atoms with van der Waals surface area (Å²) < 4.78 is 2.07. The lowest BCUT2D eigenvalue weighted by molar-refractivity contribution is 0.495. The average molecular weight is 238 g/mol. The number of benzene rings is 1. The highest BCUT2D eigenvalue weighted by Gasteiger charge is 2.16. The van der Waals surface area contributed by atoms with Crippen molar-refractivity contribution in [3.8, 4) is 0 Å². The molecule has 0 saturated heterocycles. The number of hydrogen-bond acceptors (Lipinski definition) is 2. The molecule has 0 aliphatic heterocycles. The fraction of sp³-hybridized carbons (Fsp3) is 0.417. The first kappa shape index (κ1) is 11.4. The standard InChI is InChI=1S/C12H16ClN3/c1-12(2,14)7-11-15-9-6-8(13)4-5-10(9)16(11)3/h4-6H,7,14H2,1-3H3. The first-order valence-electron chi connectivity index (χ1n) is 5.26. The molecule has 16 heavy (non-hydrogen) atoms. The molecule has 0 spiro atoms. The van der Waals surface area contributed by atoms with Crippen LogP contribution in [0.1, 0.15) is 19.7 Å². The summed E-state index contributed by atoms with van der Waals surface area (Å²) in [7, 11) is 2.00. The Labute approximate surface area is 100 Å². The molecule has 0 saturated carbocycles. The molecule has 1 aromatic carbocycles. The van der Waals surface area contributed by atoms with Crippen LogP contribution in [0, 0.1) is 0 Å². The Balaban J connectivity index is 2.52. The number of aromatic nitrogens is 2. The Morgan fingerprint density at radius 2 is 2.12 bits per heavy atom. The fourth-order valence-corrected chi connectivity index (χ4v) is 1.95. The molecule has 3 nitrogen and oxygen atoms in total.